The zero-order chi connectivity index (χ0) is 20.0. The molecule has 0 atom stereocenters. The van der Waals surface area contributed by atoms with Crippen LogP contribution in [-0.2, 0) is 0 Å². The molecule has 8 heteroatoms. The average Bonchev–Trinajstić information content (AvgIpc) is 3.25. The Bertz CT molecular complexity index is 1110. The topological polar surface area (TPSA) is 102 Å². The second-order valence-electron chi connectivity index (χ2n) is 7.62. The van der Waals surface area contributed by atoms with E-state index in [4.69, 9.17) is 4.42 Å². The summed E-state index contributed by atoms with van der Waals surface area (Å²) >= 11 is 0. The van der Waals surface area contributed by atoms with Crippen molar-refractivity contribution in [3.8, 4) is 0 Å². The summed E-state index contributed by atoms with van der Waals surface area (Å²) in [6.45, 7) is 1.60. The summed E-state index contributed by atoms with van der Waals surface area (Å²) in [6.07, 6.45) is 4.24. The molecule has 0 radical (unpaired) electrons. The van der Waals surface area contributed by atoms with Crippen LogP contribution in [0.25, 0.3) is 11.1 Å². The second kappa shape index (κ2) is 6.88. The Morgan fingerprint density at radius 1 is 1.17 bits per heavy atom. The molecule has 148 valence electrons. The van der Waals surface area contributed by atoms with Gasteiger partial charge in [-0.15, -0.1) is 0 Å². The molecule has 0 unspecified atom stereocenters. The molecule has 5 rings (SSSR count). The molecule has 1 amide bonds. The molecule has 1 aliphatic heterocycles. The third-order valence-electron chi connectivity index (χ3n) is 5.47. The number of amides is 1. The fraction of sp³-hybridized carbons (Fsp3) is 0.333. The van der Waals surface area contributed by atoms with E-state index in [-0.39, 0.29) is 11.3 Å². The van der Waals surface area contributed by atoms with Gasteiger partial charge in [0, 0.05) is 36.3 Å². The lowest BCUT2D eigenvalue weighted by molar-refractivity contribution is -0.384. The molecule has 2 fully saturated rings. The SMILES string of the molecule is O=C(Nc1ccc2oc(C3CC3)nc2c1)c1ccc(N2CCCC2)c([N+](=O)[O-])c1. The van der Waals surface area contributed by atoms with E-state index in [2.05, 4.69) is 10.3 Å². The maximum Gasteiger partial charge on any atom is 0.293 e. The van der Waals surface area contributed by atoms with E-state index in [1.165, 1.54) is 6.07 Å². The molecule has 1 aliphatic carbocycles. The minimum absolute atomic E-state index is 0.0411. The first-order valence-electron chi connectivity index (χ1n) is 9.84. The van der Waals surface area contributed by atoms with Gasteiger partial charge in [-0.25, -0.2) is 4.98 Å². The van der Waals surface area contributed by atoms with Gasteiger partial charge >= 0.3 is 0 Å². The quantitative estimate of drug-likeness (QED) is 0.508. The Morgan fingerprint density at radius 2 is 1.97 bits per heavy atom. The highest BCUT2D eigenvalue weighted by Crippen LogP contribution is 2.40. The maximum absolute atomic E-state index is 12.7. The van der Waals surface area contributed by atoms with E-state index in [1.807, 2.05) is 4.90 Å². The first kappa shape index (κ1) is 17.7. The molecule has 0 spiro atoms. The lowest BCUT2D eigenvalue weighted by Gasteiger charge is -2.17. The van der Waals surface area contributed by atoms with Crippen molar-refractivity contribution in [3.05, 3.63) is 58.0 Å². The van der Waals surface area contributed by atoms with Gasteiger partial charge in [0.1, 0.15) is 11.2 Å². The van der Waals surface area contributed by atoms with Crippen molar-refractivity contribution < 1.29 is 14.1 Å². The van der Waals surface area contributed by atoms with Crippen molar-refractivity contribution in [2.75, 3.05) is 23.3 Å². The number of fused-ring (bicyclic) bond motifs is 1. The lowest BCUT2D eigenvalue weighted by Crippen LogP contribution is -2.19. The molecule has 0 bridgehead atoms. The molecule has 2 aliphatic rings. The summed E-state index contributed by atoms with van der Waals surface area (Å²) < 4.78 is 5.74. The van der Waals surface area contributed by atoms with Gasteiger partial charge in [-0.05, 0) is 56.0 Å². The van der Waals surface area contributed by atoms with Crippen LogP contribution in [0.15, 0.2) is 40.8 Å². The number of oxazole rings is 1. The van der Waals surface area contributed by atoms with Gasteiger partial charge in [0.2, 0.25) is 0 Å². The van der Waals surface area contributed by atoms with Crippen LogP contribution in [0.1, 0.15) is 47.8 Å². The van der Waals surface area contributed by atoms with E-state index >= 15 is 0 Å². The van der Waals surface area contributed by atoms with Gasteiger partial charge < -0.3 is 14.6 Å². The number of nitro benzene ring substituents is 1. The monoisotopic (exact) mass is 392 g/mol. The van der Waals surface area contributed by atoms with Gasteiger partial charge in [0.05, 0.1) is 4.92 Å². The zero-order valence-corrected chi connectivity index (χ0v) is 15.8. The predicted molar refractivity (Wildman–Crippen MR) is 108 cm³/mol. The summed E-state index contributed by atoms with van der Waals surface area (Å²) in [5.74, 6) is 0.762. The minimum Gasteiger partial charge on any atom is -0.440 e. The maximum atomic E-state index is 12.7. The Labute approximate surface area is 166 Å². The number of carbonyl (C=O) groups is 1. The third kappa shape index (κ3) is 3.41. The van der Waals surface area contributed by atoms with Gasteiger partial charge in [-0.1, -0.05) is 0 Å². The van der Waals surface area contributed by atoms with Crippen LogP contribution in [0.4, 0.5) is 17.1 Å². The number of nitrogens with one attached hydrogen (secondary N) is 1. The number of aromatic nitrogens is 1. The second-order valence-corrected chi connectivity index (χ2v) is 7.62. The van der Waals surface area contributed by atoms with E-state index in [1.54, 1.807) is 30.3 Å². The van der Waals surface area contributed by atoms with Crippen LogP contribution in [0, 0.1) is 10.1 Å². The van der Waals surface area contributed by atoms with E-state index in [9.17, 15) is 14.9 Å². The fourth-order valence-corrected chi connectivity index (χ4v) is 3.77. The normalized spacial score (nSPS) is 16.3. The Morgan fingerprint density at radius 3 is 2.69 bits per heavy atom. The highest BCUT2D eigenvalue weighted by atomic mass is 16.6. The highest BCUT2D eigenvalue weighted by Gasteiger charge is 2.29. The van der Waals surface area contributed by atoms with Gasteiger partial charge in [-0.3, -0.25) is 14.9 Å². The molecule has 1 saturated heterocycles. The van der Waals surface area contributed by atoms with Crippen LogP contribution >= 0.6 is 0 Å². The number of hydrogen-bond donors (Lipinski definition) is 1. The van der Waals surface area contributed by atoms with Gasteiger partial charge in [0.15, 0.2) is 11.5 Å². The van der Waals surface area contributed by atoms with E-state index in [0.717, 1.165) is 44.7 Å². The molecule has 2 heterocycles. The van der Waals surface area contributed by atoms with Crippen molar-refractivity contribution in [3.63, 3.8) is 0 Å². The minimum atomic E-state index is -0.425. The molecule has 29 heavy (non-hydrogen) atoms. The molecule has 1 saturated carbocycles. The van der Waals surface area contributed by atoms with Gasteiger partial charge in [0.25, 0.3) is 11.6 Å². The van der Waals surface area contributed by atoms with Crippen LogP contribution in [0.2, 0.25) is 0 Å². The van der Waals surface area contributed by atoms with Crippen LogP contribution in [0.3, 0.4) is 0 Å². The zero-order valence-electron chi connectivity index (χ0n) is 15.8. The number of nitro groups is 1. The van der Waals surface area contributed by atoms with E-state index in [0.29, 0.717) is 28.4 Å². The Balaban J connectivity index is 1.39. The Hall–Kier alpha value is -3.42. The smallest absolute Gasteiger partial charge is 0.293 e. The van der Waals surface area contributed by atoms with E-state index < -0.39 is 10.8 Å². The molecular formula is C21H20N4O4. The van der Waals surface area contributed by atoms with Crippen molar-refractivity contribution in [2.45, 2.75) is 31.6 Å². The number of anilines is 2. The number of rotatable bonds is 5. The Kier molecular flexibility index (Phi) is 4.19. The standard InChI is InChI=1S/C21H20N4O4/c26-20(14-5-7-17(18(11-14)25(27)28)24-9-1-2-10-24)22-15-6-8-19-16(12-15)23-21(29-19)13-3-4-13/h5-8,11-13H,1-4,9-10H2,(H,22,26). The lowest BCUT2D eigenvalue weighted by atomic mass is 10.1. The van der Waals surface area contributed by atoms with Crippen LogP contribution in [-0.4, -0.2) is 28.9 Å². The molecule has 3 aromatic rings. The van der Waals surface area contributed by atoms with Crippen molar-refractivity contribution in [1.29, 1.82) is 0 Å². The molecule has 1 aromatic heterocycles. The van der Waals surface area contributed by atoms with Crippen molar-refractivity contribution >= 4 is 34.1 Å². The average molecular weight is 392 g/mol. The summed E-state index contributed by atoms with van der Waals surface area (Å²) in [4.78, 5) is 30.3. The van der Waals surface area contributed by atoms with Crippen LogP contribution in [0.5, 0.6) is 0 Å². The summed E-state index contributed by atoms with van der Waals surface area (Å²) in [5.41, 5.74) is 2.74. The van der Waals surface area contributed by atoms with Crippen molar-refractivity contribution in [1.82, 2.24) is 4.98 Å². The summed E-state index contributed by atoms with van der Waals surface area (Å²) in [6, 6.07) is 9.94. The molecule has 8 nitrogen and oxygen atoms in total. The largest absolute Gasteiger partial charge is 0.440 e. The summed E-state index contributed by atoms with van der Waals surface area (Å²) in [5, 5.41) is 14.4. The summed E-state index contributed by atoms with van der Waals surface area (Å²) in [7, 11) is 0. The number of nitrogens with zero attached hydrogens (tertiary/aromatic N) is 3. The molecule has 1 N–H and O–H groups in total. The first-order chi connectivity index (χ1) is 14.1. The molecule has 2 aromatic carbocycles. The molecular weight excluding hydrogens is 372 g/mol. The predicted octanol–water partition coefficient (Wildman–Crippen LogP) is 4.47. The fourth-order valence-electron chi connectivity index (χ4n) is 3.77. The third-order valence-corrected chi connectivity index (χ3v) is 5.47. The number of hydrogen-bond acceptors (Lipinski definition) is 6. The van der Waals surface area contributed by atoms with Gasteiger partial charge in [-0.2, -0.15) is 0 Å². The van der Waals surface area contributed by atoms with Crippen molar-refractivity contribution in [2.24, 2.45) is 0 Å². The number of benzene rings is 2. The highest BCUT2D eigenvalue weighted by molar-refractivity contribution is 6.05. The van der Waals surface area contributed by atoms with Crippen LogP contribution < -0.4 is 10.2 Å². The first-order valence-corrected chi connectivity index (χ1v) is 9.84. The number of carbonyl (C=O) groups excluding carboxylic acids is 1.